The molecule has 0 aromatic heterocycles. The number of hydrogen-bond donors (Lipinski definition) is 2. The minimum Gasteiger partial charge on any atom is -0.508 e. The summed E-state index contributed by atoms with van der Waals surface area (Å²) >= 11 is 0. The van der Waals surface area contributed by atoms with Crippen LogP contribution in [0.4, 0.5) is 0 Å². The topological polar surface area (TPSA) is 40.5 Å². The zero-order valence-corrected chi connectivity index (χ0v) is 18.6. The van der Waals surface area contributed by atoms with Crippen LogP contribution in [0.15, 0.2) is 54.6 Å². The summed E-state index contributed by atoms with van der Waals surface area (Å²) in [5, 5.41) is 20.7. The van der Waals surface area contributed by atoms with E-state index in [9.17, 15) is 10.2 Å². The van der Waals surface area contributed by atoms with E-state index in [0.717, 1.165) is 38.9 Å². The molecule has 0 heterocycles. The SMILES string of the molecule is Cc1cc(O)c(C(C)(C)C)cc1-c1cccc(-c2ccc(O)c(C(C)(C)C)c2)c1. The zero-order valence-electron chi connectivity index (χ0n) is 18.6. The van der Waals surface area contributed by atoms with Crippen molar-refractivity contribution in [2.45, 2.75) is 59.3 Å². The minimum absolute atomic E-state index is 0.132. The van der Waals surface area contributed by atoms with Crippen LogP contribution in [0.25, 0.3) is 22.3 Å². The largest absolute Gasteiger partial charge is 0.508 e. The van der Waals surface area contributed by atoms with Gasteiger partial charge in [-0.05, 0) is 87.0 Å². The summed E-state index contributed by atoms with van der Waals surface area (Å²) in [6.45, 7) is 14.7. The molecule has 0 radical (unpaired) electrons. The van der Waals surface area contributed by atoms with E-state index in [1.54, 1.807) is 6.07 Å². The number of phenolic OH excluding ortho intramolecular Hbond substituents is 2. The second kappa shape index (κ2) is 7.26. The van der Waals surface area contributed by atoms with Crippen molar-refractivity contribution in [2.75, 3.05) is 0 Å². The molecule has 0 saturated carbocycles. The van der Waals surface area contributed by atoms with Gasteiger partial charge in [0.05, 0.1) is 0 Å². The fourth-order valence-corrected chi connectivity index (χ4v) is 3.79. The lowest BCUT2D eigenvalue weighted by Gasteiger charge is -2.23. The first-order valence-electron chi connectivity index (χ1n) is 10.2. The normalized spacial score (nSPS) is 12.2. The Morgan fingerprint density at radius 1 is 0.586 bits per heavy atom. The summed E-state index contributed by atoms with van der Waals surface area (Å²) in [5.74, 6) is 0.685. The molecule has 0 aliphatic heterocycles. The van der Waals surface area contributed by atoms with Gasteiger partial charge in [0.25, 0.3) is 0 Å². The maximum Gasteiger partial charge on any atom is 0.119 e. The minimum atomic E-state index is -0.136. The summed E-state index contributed by atoms with van der Waals surface area (Å²) in [7, 11) is 0. The molecule has 2 heteroatoms. The average molecular weight is 389 g/mol. The molecule has 3 rings (SSSR count). The molecule has 0 bridgehead atoms. The maximum absolute atomic E-state index is 10.4. The first kappa shape index (κ1) is 21.0. The Morgan fingerprint density at radius 3 is 1.76 bits per heavy atom. The highest BCUT2D eigenvalue weighted by molar-refractivity contribution is 5.76. The van der Waals surface area contributed by atoms with E-state index in [-0.39, 0.29) is 10.8 Å². The van der Waals surface area contributed by atoms with Gasteiger partial charge >= 0.3 is 0 Å². The monoisotopic (exact) mass is 388 g/mol. The van der Waals surface area contributed by atoms with E-state index in [4.69, 9.17) is 0 Å². The lowest BCUT2D eigenvalue weighted by molar-refractivity contribution is 0.446. The maximum atomic E-state index is 10.4. The molecule has 0 atom stereocenters. The van der Waals surface area contributed by atoms with Crippen molar-refractivity contribution < 1.29 is 10.2 Å². The standard InChI is InChI=1S/C27H32O2/c1-17-13-25(29)23(27(5,6)7)16-21(17)20-10-8-9-18(14-20)19-11-12-24(28)22(15-19)26(2,3)4/h8-16,28-29H,1-7H3. The molecule has 3 aromatic carbocycles. The number of aromatic hydroxyl groups is 2. The fraction of sp³-hybridized carbons (Fsp3) is 0.333. The fourth-order valence-electron chi connectivity index (χ4n) is 3.79. The van der Waals surface area contributed by atoms with Crippen molar-refractivity contribution in [3.05, 3.63) is 71.3 Å². The van der Waals surface area contributed by atoms with E-state index in [1.807, 2.05) is 19.1 Å². The van der Waals surface area contributed by atoms with Gasteiger partial charge in [0.2, 0.25) is 0 Å². The highest BCUT2D eigenvalue weighted by atomic mass is 16.3. The van der Waals surface area contributed by atoms with E-state index < -0.39 is 0 Å². The van der Waals surface area contributed by atoms with Gasteiger partial charge in [0.1, 0.15) is 11.5 Å². The van der Waals surface area contributed by atoms with Crippen molar-refractivity contribution in [1.29, 1.82) is 0 Å². The highest BCUT2D eigenvalue weighted by Gasteiger charge is 2.21. The summed E-state index contributed by atoms with van der Waals surface area (Å²) < 4.78 is 0. The lowest BCUT2D eigenvalue weighted by Crippen LogP contribution is -2.11. The Morgan fingerprint density at radius 2 is 1.14 bits per heavy atom. The Labute approximate surface area is 174 Å². The summed E-state index contributed by atoms with van der Waals surface area (Å²) in [5.41, 5.74) is 7.11. The van der Waals surface area contributed by atoms with Gasteiger partial charge in [-0.1, -0.05) is 65.8 Å². The number of rotatable bonds is 2. The van der Waals surface area contributed by atoms with E-state index in [2.05, 4.69) is 77.9 Å². The van der Waals surface area contributed by atoms with Crippen LogP contribution in [0.1, 0.15) is 58.2 Å². The Balaban J connectivity index is 2.13. The third-order valence-electron chi connectivity index (χ3n) is 5.46. The second-order valence-electron chi connectivity index (χ2n) is 10.00. The Kier molecular flexibility index (Phi) is 5.25. The Bertz CT molecular complexity index is 1050. The molecule has 0 unspecified atom stereocenters. The summed E-state index contributed by atoms with van der Waals surface area (Å²) in [6.07, 6.45) is 0. The molecule has 2 nitrogen and oxygen atoms in total. The van der Waals surface area contributed by atoms with E-state index >= 15 is 0 Å². The molecular formula is C27H32O2. The van der Waals surface area contributed by atoms with Crippen LogP contribution in [0, 0.1) is 6.92 Å². The van der Waals surface area contributed by atoms with Crippen molar-refractivity contribution in [3.63, 3.8) is 0 Å². The van der Waals surface area contributed by atoms with Crippen LogP contribution in [0.2, 0.25) is 0 Å². The zero-order chi connectivity index (χ0) is 21.6. The van der Waals surface area contributed by atoms with Gasteiger partial charge in [-0.25, -0.2) is 0 Å². The summed E-state index contributed by atoms with van der Waals surface area (Å²) in [6, 6.07) is 18.3. The van der Waals surface area contributed by atoms with Crippen molar-refractivity contribution >= 4 is 0 Å². The second-order valence-corrected chi connectivity index (χ2v) is 10.00. The Hall–Kier alpha value is -2.74. The molecule has 0 spiro atoms. The molecule has 0 aliphatic rings. The highest BCUT2D eigenvalue weighted by Crippen LogP contribution is 2.38. The molecule has 0 amide bonds. The van der Waals surface area contributed by atoms with Gasteiger partial charge in [-0.15, -0.1) is 0 Å². The van der Waals surface area contributed by atoms with Crippen LogP contribution in [0.5, 0.6) is 11.5 Å². The van der Waals surface area contributed by atoms with Gasteiger partial charge in [0, 0.05) is 0 Å². The van der Waals surface area contributed by atoms with Gasteiger partial charge in [-0.3, -0.25) is 0 Å². The number of phenols is 2. The van der Waals surface area contributed by atoms with Crippen molar-refractivity contribution in [1.82, 2.24) is 0 Å². The van der Waals surface area contributed by atoms with Gasteiger partial charge in [0.15, 0.2) is 0 Å². The van der Waals surface area contributed by atoms with E-state index in [1.165, 1.54) is 0 Å². The van der Waals surface area contributed by atoms with Crippen LogP contribution >= 0.6 is 0 Å². The predicted octanol–water partition coefficient (Wildman–Crippen LogP) is 7.34. The first-order chi connectivity index (χ1) is 13.4. The molecule has 3 aromatic rings. The molecule has 152 valence electrons. The van der Waals surface area contributed by atoms with Crippen LogP contribution in [-0.4, -0.2) is 10.2 Å². The number of hydrogen-bond acceptors (Lipinski definition) is 2. The van der Waals surface area contributed by atoms with E-state index in [0.29, 0.717) is 11.5 Å². The molecular weight excluding hydrogens is 356 g/mol. The van der Waals surface area contributed by atoms with Gasteiger partial charge < -0.3 is 10.2 Å². The first-order valence-corrected chi connectivity index (χ1v) is 10.2. The van der Waals surface area contributed by atoms with Crippen LogP contribution in [0.3, 0.4) is 0 Å². The van der Waals surface area contributed by atoms with Crippen LogP contribution < -0.4 is 0 Å². The molecule has 2 N–H and O–H groups in total. The predicted molar refractivity (Wildman–Crippen MR) is 123 cm³/mol. The van der Waals surface area contributed by atoms with Gasteiger partial charge in [-0.2, -0.15) is 0 Å². The molecule has 0 aliphatic carbocycles. The molecule has 0 saturated heterocycles. The van der Waals surface area contributed by atoms with Crippen molar-refractivity contribution in [3.8, 4) is 33.8 Å². The average Bonchev–Trinajstić information content (AvgIpc) is 2.60. The quantitative estimate of drug-likeness (QED) is 0.482. The smallest absolute Gasteiger partial charge is 0.119 e. The molecule has 29 heavy (non-hydrogen) atoms. The van der Waals surface area contributed by atoms with Crippen molar-refractivity contribution in [2.24, 2.45) is 0 Å². The third-order valence-corrected chi connectivity index (χ3v) is 5.46. The lowest BCUT2D eigenvalue weighted by atomic mass is 9.83. The third kappa shape index (κ3) is 4.32. The number of aryl methyl sites for hydroxylation is 1. The molecule has 0 fully saturated rings. The van der Waals surface area contributed by atoms with Crippen LogP contribution in [-0.2, 0) is 10.8 Å². The summed E-state index contributed by atoms with van der Waals surface area (Å²) in [4.78, 5) is 0. The number of benzene rings is 3.